The van der Waals surface area contributed by atoms with E-state index in [9.17, 15) is 4.79 Å². The molecule has 2 rings (SSSR count). The van der Waals surface area contributed by atoms with Crippen molar-refractivity contribution in [1.82, 2.24) is 5.01 Å². The van der Waals surface area contributed by atoms with Gasteiger partial charge in [0, 0.05) is 24.6 Å². The molecule has 2 unspecified atom stereocenters. The van der Waals surface area contributed by atoms with E-state index in [1.54, 1.807) is 7.05 Å². The van der Waals surface area contributed by atoms with E-state index in [1.165, 1.54) is 17.9 Å². The molecule has 1 aliphatic carbocycles. The minimum atomic E-state index is 0.218. The third-order valence-electron chi connectivity index (χ3n) is 3.25. The summed E-state index contributed by atoms with van der Waals surface area (Å²) in [5.74, 6) is 0.893. The Morgan fingerprint density at radius 3 is 2.62 bits per heavy atom. The average Bonchev–Trinajstić information content (AvgIpc) is 2.15. The molecule has 3 heteroatoms. The molecule has 2 aliphatic rings. The third kappa shape index (κ3) is 1.36. The number of hydrogen-bond acceptors (Lipinski definition) is 2. The molecule has 1 heterocycles. The molecular weight excluding hydrogens is 164 g/mol. The van der Waals surface area contributed by atoms with Crippen LogP contribution in [0.4, 0.5) is 0 Å². The molecule has 13 heavy (non-hydrogen) atoms. The highest BCUT2D eigenvalue weighted by Gasteiger charge is 2.37. The lowest BCUT2D eigenvalue weighted by atomic mass is 9.75. The van der Waals surface area contributed by atoms with E-state index in [4.69, 9.17) is 0 Å². The molecule has 0 N–H and O–H groups in total. The van der Waals surface area contributed by atoms with Crippen molar-refractivity contribution in [3.05, 3.63) is 0 Å². The molecule has 3 nitrogen and oxygen atoms in total. The first-order valence-corrected chi connectivity index (χ1v) is 5.03. The summed E-state index contributed by atoms with van der Waals surface area (Å²) in [4.78, 5) is 11.7. The monoisotopic (exact) mass is 180 g/mol. The summed E-state index contributed by atoms with van der Waals surface area (Å²) in [6.45, 7) is 2.05. The lowest BCUT2D eigenvalue weighted by molar-refractivity contribution is -0.137. The smallest absolute Gasteiger partial charge is 0.246 e. The molecule has 0 radical (unpaired) electrons. The van der Waals surface area contributed by atoms with E-state index in [-0.39, 0.29) is 11.8 Å². The van der Waals surface area contributed by atoms with Gasteiger partial charge in [0.1, 0.15) is 0 Å². The Kier molecular flexibility index (Phi) is 2.10. The van der Waals surface area contributed by atoms with Gasteiger partial charge in [0.25, 0.3) is 0 Å². The highest BCUT2D eigenvalue weighted by Crippen LogP contribution is 2.34. The normalized spacial score (nSPS) is 34.2. The standard InChI is InChI=1S/C10H16N2O/c1-7-8-5-3-4-6-9(8)10(13)12(2)11-7/h8-9H,3-6H2,1-2H3. The number of amides is 1. The van der Waals surface area contributed by atoms with Gasteiger partial charge in [-0.1, -0.05) is 12.8 Å². The fourth-order valence-electron chi connectivity index (χ4n) is 2.53. The lowest BCUT2D eigenvalue weighted by Crippen LogP contribution is -2.43. The van der Waals surface area contributed by atoms with E-state index in [0.29, 0.717) is 5.92 Å². The fraction of sp³-hybridized carbons (Fsp3) is 0.800. The first-order valence-electron chi connectivity index (χ1n) is 5.03. The van der Waals surface area contributed by atoms with Gasteiger partial charge in [0.2, 0.25) is 5.91 Å². The van der Waals surface area contributed by atoms with Crippen LogP contribution in [0.15, 0.2) is 5.10 Å². The Morgan fingerprint density at radius 2 is 1.92 bits per heavy atom. The molecule has 2 atom stereocenters. The zero-order chi connectivity index (χ0) is 9.42. The van der Waals surface area contributed by atoms with Gasteiger partial charge in [-0.25, -0.2) is 5.01 Å². The van der Waals surface area contributed by atoms with Gasteiger partial charge in [-0.05, 0) is 19.8 Å². The quantitative estimate of drug-likeness (QED) is 0.557. The predicted molar refractivity (Wildman–Crippen MR) is 51.3 cm³/mol. The molecule has 0 saturated heterocycles. The SMILES string of the molecule is CC1=NN(C)C(=O)C2CCCCC12. The summed E-state index contributed by atoms with van der Waals surface area (Å²) in [6, 6.07) is 0. The van der Waals surface area contributed by atoms with Crippen LogP contribution in [0.5, 0.6) is 0 Å². The second-order valence-electron chi connectivity index (χ2n) is 4.10. The van der Waals surface area contributed by atoms with E-state index < -0.39 is 0 Å². The summed E-state index contributed by atoms with van der Waals surface area (Å²) < 4.78 is 0. The molecule has 0 aromatic rings. The molecule has 0 aromatic heterocycles. The van der Waals surface area contributed by atoms with Crippen LogP contribution in [0.1, 0.15) is 32.6 Å². The number of hydrogen-bond donors (Lipinski definition) is 0. The highest BCUT2D eigenvalue weighted by molar-refractivity contribution is 5.94. The second-order valence-corrected chi connectivity index (χ2v) is 4.10. The van der Waals surface area contributed by atoms with Crippen LogP contribution in [0, 0.1) is 11.8 Å². The number of rotatable bonds is 0. The zero-order valence-electron chi connectivity index (χ0n) is 8.29. The van der Waals surface area contributed by atoms with Gasteiger partial charge in [-0.15, -0.1) is 0 Å². The number of carbonyl (C=O) groups is 1. The lowest BCUT2D eigenvalue weighted by Gasteiger charge is -2.36. The van der Waals surface area contributed by atoms with Gasteiger partial charge < -0.3 is 0 Å². The van der Waals surface area contributed by atoms with Crippen molar-refractivity contribution in [3.8, 4) is 0 Å². The zero-order valence-corrected chi connectivity index (χ0v) is 8.29. The molecule has 0 aromatic carbocycles. The summed E-state index contributed by atoms with van der Waals surface area (Å²) in [6.07, 6.45) is 4.67. The summed E-state index contributed by atoms with van der Waals surface area (Å²) in [5.41, 5.74) is 1.15. The number of nitrogens with zero attached hydrogens (tertiary/aromatic N) is 2. The van der Waals surface area contributed by atoms with Crippen LogP contribution >= 0.6 is 0 Å². The predicted octanol–water partition coefficient (Wildman–Crippen LogP) is 1.64. The third-order valence-corrected chi connectivity index (χ3v) is 3.25. The fourth-order valence-corrected chi connectivity index (χ4v) is 2.53. The minimum absolute atomic E-state index is 0.218. The van der Waals surface area contributed by atoms with E-state index in [2.05, 4.69) is 5.10 Å². The van der Waals surface area contributed by atoms with Crippen LogP contribution in [0.2, 0.25) is 0 Å². The van der Waals surface area contributed by atoms with E-state index >= 15 is 0 Å². The maximum Gasteiger partial charge on any atom is 0.246 e. The summed E-state index contributed by atoms with van der Waals surface area (Å²) in [5, 5.41) is 5.76. The van der Waals surface area contributed by atoms with Crippen molar-refractivity contribution in [2.75, 3.05) is 7.05 Å². The van der Waals surface area contributed by atoms with Gasteiger partial charge in [0.05, 0.1) is 0 Å². The van der Waals surface area contributed by atoms with Crippen LogP contribution in [0.3, 0.4) is 0 Å². The first-order chi connectivity index (χ1) is 6.20. The molecule has 1 fully saturated rings. The topological polar surface area (TPSA) is 32.7 Å². The van der Waals surface area contributed by atoms with Crippen molar-refractivity contribution in [2.24, 2.45) is 16.9 Å². The Labute approximate surface area is 78.8 Å². The first kappa shape index (κ1) is 8.73. The Balaban J connectivity index is 2.27. The number of hydrazone groups is 1. The Morgan fingerprint density at radius 1 is 1.31 bits per heavy atom. The van der Waals surface area contributed by atoms with Crippen molar-refractivity contribution in [3.63, 3.8) is 0 Å². The maximum absolute atomic E-state index is 11.7. The minimum Gasteiger partial charge on any atom is -0.273 e. The molecule has 0 spiro atoms. The summed E-state index contributed by atoms with van der Waals surface area (Å²) >= 11 is 0. The second kappa shape index (κ2) is 3.13. The largest absolute Gasteiger partial charge is 0.273 e. The Bertz CT molecular complexity index is 260. The van der Waals surface area contributed by atoms with Crippen molar-refractivity contribution in [1.29, 1.82) is 0 Å². The molecule has 1 saturated carbocycles. The van der Waals surface area contributed by atoms with Crippen molar-refractivity contribution in [2.45, 2.75) is 32.6 Å². The van der Waals surface area contributed by atoms with Crippen LogP contribution < -0.4 is 0 Å². The molecule has 1 aliphatic heterocycles. The van der Waals surface area contributed by atoms with Gasteiger partial charge in [-0.3, -0.25) is 4.79 Å². The maximum atomic E-state index is 11.7. The van der Waals surface area contributed by atoms with Gasteiger partial charge >= 0.3 is 0 Å². The Hall–Kier alpha value is -0.860. The molecular formula is C10H16N2O. The highest BCUT2D eigenvalue weighted by atomic mass is 16.2. The van der Waals surface area contributed by atoms with Gasteiger partial charge in [-0.2, -0.15) is 5.10 Å². The van der Waals surface area contributed by atoms with Gasteiger partial charge in [0.15, 0.2) is 0 Å². The molecule has 1 amide bonds. The van der Waals surface area contributed by atoms with Crippen LogP contribution in [0.25, 0.3) is 0 Å². The summed E-state index contributed by atoms with van der Waals surface area (Å²) in [7, 11) is 1.76. The van der Waals surface area contributed by atoms with Crippen molar-refractivity contribution < 1.29 is 4.79 Å². The van der Waals surface area contributed by atoms with E-state index in [1.807, 2.05) is 6.92 Å². The van der Waals surface area contributed by atoms with Crippen LogP contribution in [-0.4, -0.2) is 23.7 Å². The van der Waals surface area contributed by atoms with Crippen molar-refractivity contribution >= 4 is 11.6 Å². The number of carbonyl (C=O) groups excluding carboxylic acids is 1. The molecule has 72 valence electrons. The van der Waals surface area contributed by atoms with E-state index in [0.717, 1.165) is 18.6 Å². The van der Waals surface area contributed by atoms with Crippen LogP contribution in [-0.2, 0) is 4.79 Å². The molecule has 0 bridgehead atoms. The number of fused-ring (bicyclic) bond motifs is 1. The average molecular weight is 180 g/mol.